The molecule has 2 aromatic carbocycles. The number of anilines is 1. The Morgan fingerprint density at radius 1 is 1.05 bits per heavy atom. The molecule has 22 heavy (non-hydrogen) atoms. The Labute approximate surface area is 131 Å². The summed E-state index contributed by atoms with van der Waals surface area (Å²) in [5.74, 6) is -0.0615. The molecule has 0 atom stereocenters. The van der Waals surface area contributed by atoms with E-state index in [1.165, 1.54) is 25.2 Å². The molecule has 0 radical (unpaired) electrons. The summed E-state index contributed by atoms with van der Waals surface area (Å²) in [4.78, 5) is 0.158. The molecular weight excluding hydrogens is 301 g/mol. The molecule has 118 valence electrons. The van der Waals surface area contributed by atoms with Gasteiger partial charge in [0.1, 0.15) is 5.82 Å². The van der Waals surface area contributed by atoms with Gasteiger partial charge in [0, 0.05) is 7.05 Å². The quantitative estimate of drug-likeness (QED) is 0.839. The summed E-state index contributed by atoms with van der Waals surface area (Å²) >= 11 is 0. The van der Waals surface area contributed by atoms with Crippen molar-refractivity contribution < 1.29 is 12.8 Å². The fraction of sp³-hybridized carbons (Fsp3) is 0.294. The smallest absolute Gasteiger partial charge is 0.264 e. The minimum absolute atomic E-state index is 0.0359. The lowest BCUT2D eigenvalue weighted by atomic mass is 10.0. The summed E-state index contributed by atoms with van der Waals surface area (Å²) < 4.78 is 39.9. The highest BCUT2D eigenvalue weighted by molar-refractivity contribution is 7.92. The highest BCUT2D eigenvalue weighted by Crippen LogP contribution is 2.24. The van der Waals surface area contributed by atoms with E-state index in [4.69, 9.17) is 0 Å². The molecule has 0 aliphatic rings. The highest BCUT2D eigenvalue weighted by atomic mass is 32.2. The summed E-state index contributed by atoms with van der Waals surface area (Å²) in [7, 11) is -2.41. The largest absolute Gasteiger partial charge is 0.266 e. The van der Waals surface area contributed by atoms with Crippen LogP contribution in [-0.4, -0.2) is 15.5 Å². The monoisotopic (exact) mass is 321 g/mol. The summed E-state index contributed by atoms with van der Waals surface area (Å²) in [6.45, 7) is 4.22. The molecule has 0 aliphatic carbocycles. The fourth-order valence-corrected chi connectivity index (χ4v) is 3.47. The lowest BCUT2D eigenvalue weighted by Crippen LogP contribution is -2.27. The molecule has 3 nitrogen and oxygen atoms in total. The van der Waals surface area contributed by atoms with Gasteiger partial charge in [-0.15, -0.1) is 0 Å². The van der Waals surface area contributed by atoms with Gasteiger partial charge in [0.15, 0.2) is 0 Å². The van der Waals surface area contributed by atoms with E-state index in [0.717, 1.165) is 16.3 Å². The van der Waals surface area contributed by atoms with Crippen LogP contribution in [0.15, 0.2) is 53.4 Å². The first-order chi connectivity index (χ1) is 10.3. The Morgan fingerprint density at radius 3 is 2.18 bits per heavy atom. The topological polar surface area (TPSA) is 37.4 Å². The van der Waals surface area contributed by atoms with Crippen LogP contribution in [0.25, 0.3) is 0 Å². The van der Waals surface area contributed by atoms with Crippen LogP contribution in [0.4, 0.5) is 10.1 Å². The van der Waals surface area contributed by atoms with E-state index in [2.05, 4.69) is 13.8 Å². The van der Waals surface area contributed by atoms with E-state index in [1.807, 2.05) is 12.1 Å². The van der Waals surface area contributed by atoms with Gasteiger partial charge in [0.25, 0.3) is 10.0 Å². The molecule has 5 heteroatoms. The van der Waals surface area contributed by atoms with Crippen LogP contribution in [-0.2, 0) is 16.4 Å². The zero-order valence-corrected chi connectivity index (χ0v) is 13.8. The molecule has 0 heterocycles. The average molecular weight is 321 g/mol. The van der Waals surface area contributed by atoms with Crippen LogP contribution in [0, 0.1) is 11.7 Å². The molecule has 2 aromatic rings. The van der Waals surface area contributed by atoms with Gasteiger partial charge in [-0.05, 0) is 42.2 Å². The molecule has 0 aromatic heterocycles. The van der Waals surface area contributed by atoms with Crippen molar-refractivity contribution in [3.63, 3.8) is 0 Å². The summed E-state index contributed by atoms with van der Waals surface area (Å²) in [5, 5.41) is 0. The fourth-order valence-electron chi connectivity index (χ4n) is 2.26. The van der Waals surface area contributed by atoms with Crippen molar-refractivity contribution in [3.8, 4) is 0 Å². The molecule has 0 amide bonds. The van der Waals surface area contributed by atoms with Gasteiger partial charge in [-0.1, -0.05) is 38.1 Å². The molecule has 0 aliphatic heterocycles. The molecule has 0 unspecified atom stereocenters. The molecule has 2 rings (SSSR count). The van der Waals surface area contributed by atoms with Crippen molar-refractivity contribution in [1.29, 1.82) is 0 Å². The zero-order chi connectivity index (χ0) is 16.3. The summed E-state index contributed by atoms with van der Waals surface area (Å²) in [6, 6.07) is 12.6. The SMILES string of the molecule is CC(C)Cc1ccc(S(=O)(=O)N(C)c2ccccc2F)cc1. The van der Waals surface area contributed by atoms with E-state index in [-0.39, 0.29) is 10.6 Å². The van der Waals surface area contributed by atoms with E-state index in [1.54, 1.807) is 18.2 Å². The maximum Gasteiger partial charge on any atom is 0.264 e. The molecule has 0 fully saturated rings. The van der Waals surface area contributed by atoms with Gasteiger partial charge in [-0.25, -0.2) is 12.8 Å². The van der Waals surface area contributed by atoms with Crippen molar-refractivity contribution in [2.24, 2.45) is 5.92 Å². The molecule has 0 saturated heterocycles. The Hall–Kier alpha value is -1.88. The van der Waals surface area contributed by atoms with Crippen LogP contribution < -0.4 is 4.31 Å². The normalized spacial score (nSPS) is 11.7. The second-order valence-electron chi connectivity index (χ2n) is 5.67. The maximum atomic E-state index is 13.8. The first-order valence-corrected chi connectivity index (χ1v) is 8.59. The predicted octanol–water partition coefficient (Wildman–Crippen LogP) is 3.85. The van der Waals surface area contributed by atoms with E-state index in [0.29, 0.717) is 5.92 Å². The molecular formula is C17H20FNO2S. The number of para-hydroxylation sites is 1. The number of sulfonamides is 1. The van der Waals surface area contributed by atoms with Gasteiger partial charge in [0.05, 0.1) is 10.6 Å². The second kappa shape index (κ2) is 6.48. The molecule has 0 N–H and O–H groups in total. The lowest BCUT2D eigenvalue weighted by molar-refractivity contribution is 0.589. The van der Waals surface area contributed by atoms with Gasteiger partial charge in [-0.3, -0.25) is 4.31 Å². The Morgan fingerprint density at radius 2 is 1.64 bits per heavy atom. The molecule has 0 bridgehead atoms. The summed E-state index contributed by atoms with van der Waals surface area (Å²) in [5.41, 5.74) is 1.12. The second-order valence-corrected chi connectivity index (χ2v) is 7.64. The van der Waals surface area contributed by atoms with E-state index >= 15 is 0 Å². The Balaban J connectivity index is 2.32. The van der Waals surface area contributed by atoms with Crippen molar-refractivity contribution >= 4 is 15.7 Å². The van der Waals surface area contributed by atoms with Gasteiger partial charge in [-0.2, -0.15) is 0 Å². The van der Waals surface area contributed by atoms with Gasteiger partial charge >= 0.3 is 0 Å². The van der Waals surface area contributed by atoms with Crippen molar-refractivity contribution in [3.05, 3.63) is 59.9 Å². The Bertz CT molecular complexity index is 740. The number of halogens is 1. The number of hydrogen-bond acceptors (Lipinski definition) is 2. The zero-order valence-electron chi connectivity index (χ0n) is 13.0. The first-order valence-electron chi connectivity index (χ1n) is 7.15. The third-order valence-electron chi connectivity index (χ3n) is 3.42. The highest BCUT2D eigenvalue weighted by Gasteiger charge is 2.23. The van der Waals surface area contributed by atoms with E-state index < -0.39 is 15.8 Å². The predicted molar refractivity (Wildman–Crippen MR) is 87.0 cm³/mol. The van der Waals surface area contributed by atoms with Crippen molar-refractivity contribution in [1.82, 2.24) is 0 Å². The van der Waals surface area contributed by atoms with Crippen molar-refractivity contribution in [2.45, 2.75) is 25.2 Å². The Kier molecular flexibility index (Phi) is 4.86. The minimum atomic E-state index is -3.77. The van der Waals surface area contributed by atoms with Crippen LogP contribution >= 0.6 is 0 Å². The minimum Gasteiger partial charge on any atom is -0.266 e. The van der Waals surface area contributed by atoms with E-state index in [9.17, 15) is 12.8 Å². The third-order valence-corrected chi connectivity index (χ3v) is 5.20. The summed E-state index contributed by atoms with van der Waals surface area (Å²) in [6.07, 6.45) is 0.892. The number of hydrogen-bond donors (Lipinski definition) is 0. The maximum absolute atomic E-state index is 13.8. The van der Waals surface area contributed by atoms with Crippen LogP contribution in [0.3, 0.4) is 0 Å². The van der Waals surface area contributed by atoms with Crippen molar-refractivity contribution in [2.75, 3.05) is 11.4 Å². The third kappa shape index (κ3) is 3.47. The van der Waals surface area contributed by atoms with Gasteiger partial charge < -0.3 is 0 Å². The standard InChI is InChI=1S/C17H20FNO2S/c1-13(2)12-14-8-10-15(11-9-14)22(20,21)19(3)17-7-5-4-6-16(17)18/h4-11,13H,12H2,1-3H3. The lowest BCUT2D eigenvalue weighted by Gasteiger charge is -2.20. The molecule has 0 saturated carbocycles. The number of nitrogens with zero attached hydrogens (tertiary/aromatic N) is 1. The number of rotatable bonds is 5. The average Bonchev–Trinajstić information content (AvgIpc) is 2.47. The number of benzene rings is 2. The van der Waals surface area contributed by atoms with Crippen LogP contribution in [0.5, 0.6) is 0 Å². The van der Waals surface area contributed by atoms with Crippen LogP contribution in [0.1, 0.15) is 19.4 Å². The van der Waals surface area contributed by atoms with Gasteiger partial charge in [0.2, 0.25) is 0 Å². The molecule has 0 spiro atoms. The van der Waals surface area contributed by atoms with Crippen LogP contribution in [0.2, 0.25) is 0 Å². The first kappa shape index (κ1) is 16.5.